The van der Waals surface area contributed by atoms with Crippen molar-refractivity contribution in [3.05, 3.63) is 71.3 Å². The number of carbonyl (C=O) groups excluding carboxylic acids is 1. The van der Waals surface area contributed by atoms with Gasteiger partial charge in [-0.1, -0.05) is 48.9 Å². The summed E-state index contributed by atoms with van der Waals surface area (Å²) in [7, 11) is 0. The van der Waals surface area contributed by atoms with Crippen molar-refractivity contribution in [3.8, 4) is 0 Å². The van der Waals surface area contributed by atoms with Crippen LogP contribution in [0.4, 0.5) is 4.39 Å². The van der Waals surface area contributed by atoms with Crippen LogP contribution in [0.2, 0.25) is 0 Å². The third-order valence-corrected chi connectivity index (χ3v) is 5.05. The number of nitrogens with zero attached hydrogens (tertiary/aromatic N) is 1. The number of carbonyl (C=O) groups is 1. The Labute approximate surface area is 146 Å². The molecule has 0 aromatic heterocycles. The van der Waals surface area contributed by atoms with Gasteiger partial charge < -0.3 is 4.74 Å². The summed E-state index contributed by atoms with van der Waals surface area (Å²) in [5.74, 6) is 0.872. The summed E-state index contributed by atoms with van der Waals surface area (Å²) in [4.78, 5) is 16.7. The Hall–Kier alpha value is -2.49. The van der Waals surface area contributed by atoms with Crippen molar-refractivity contribution in [2.45, 2.75) is 31.4 Å². The van der Waals surface area contributed by atoms with E-state index in [4.69, 9.17) is 4.74 Å². The van der Waals surface area contributed by atoms with Gasteiger partial charge in [0.15, 0.2) is 11.9 Å². The highest BCUT2D eigenvalue weighted by Crippen LogP contribution is 2.33. The number of rotatable bonds is 5. The van der Waals surface area contributed by atoms with Crippen LogP contribution < -0.4 is 0 Å². The fourth-order valence-corrected chi connectivity index (χ4v) is 3.32. The van der Waals surface area contributed by atoms with E-state index in [0.29, 0.717) is 5.90 Å². The lowest BCUT2D eigenvalue weighted by molar-refractivity contribution is 0.0855. The van der Waals surface area contributed by atoms with Crippen LogP contribution in [0.5, 0.6) is 0 Å². The van der Waals surface area contributed by atoms with E-state index in [2.05, 4.69) is 4.99 Å². The molecule has 4 rings (SSSR count). The highest BCUT2D eigenvalue weighted by atomic mass is 19.1. The van der Waals surface area contributed by atoms with Crippen LogP contribution in [-0.4, -0.2) is 24.4 Å². The van der Waals surface area contributed by atoms with Gasteiger partial charge in [0.2, 0.25) is 5.90 Å². The molecule has 0 spiro atoms. The van der Waals surface area contributed by atoms with Gasteiger partial charge in [-0.2, -0.15) is 0 Å². The highest BCUT2D eigenvalue weighted by molar-refractivity contribution is 5.98. The first-order chi connectivity index (χ1) is 12.3. The Morgan fingerprint density at radius 3 is 2.40 bits per heavy atom. The number of alkyl halides is 1. The zero-order valence-electron chi connectivity index (χ0n) is 13.9. The van der Waals surface area contributed by atoms with E-state index in [9.17, 15) is 9.18 Å². The van der Waals surface area contributed by atoms with Crippen LogP contribution in [0.3, 0.4) is 0 Å². The van der Waals surface area contributed by atoms with Gasteiger partial charge in [0.1, 0.15) is 12.7 Å². The summed E-state index contributed by atoms with van der Waals surface area (Å²) >= 11 is 0. The van der Waals surface area contributed by atoms with Crippen molar-refractivity contribution in [2.75, 3.05) is 6.67 Å². The molecule has 2 aliphatic rings. The average Bonchev–Trinajstić information content (AvgIpc) is 3.05. The molecule has 0 N–H and O–H groups in total. The predicted molar refractivity (Wildman–Crippen MR) is 94.7 cm³/mol. The summed E-state index contributed by atoms with van der Waals surface area (Å²) in [6, 6.07) is 16.4. The fraction of sp³-hybridized carbons (Fsp3) is 0.333. The lowest BCUT2D eigenvalue weighted by Crippen LogP contribution is -2.22. The van der Waals surface area contributed by atoms with Gasteiger partial charge in [-0.3, -0.25) is 4.79 Å². The summed E-state index contributed by atoms with van der Waals surface area (Å²) in [5.41, 5.74) is 2.43. The molecule has 128 valence electrons. The largest absolute Gasteiger partial charge is 0.467 e. The first kappa shape index (κ1) is 16.0. The molecule has 0 bridgehead atoms. The van der Waals surface area contributed by atoms with Crippen molar-refractivity contribution in [1.82, 2.24) is 0 Å². The molecule has 1 heterocycles. The number of hydrogen-bond donors (Lipinski definition) is 0. The van der Waals surface area contributed by atoms with E-state index in [1.165, 1.54) is 0 Å². The van der Waals surface area contributed by atoms with Crippen LogP contribution in [0.25, 0.3) is 0 Å². The summed E-state index contributed by atoms with van der Waals surface area (Å²) in [6.07, 6.45) is 2.67. The van der Waals surface area contributed by atoms with E-state index in [0.717, 1.165) is 36.0 Å². The molecule has 2 unspecified atom stereocenters. The minimum absolute atomic E-state index is 0.181. The van der Waals surface area contributed by atoms with Crippen LogP contribution in [0.15, 0.2) is 59.6 Å². The summed E-state index contributed by atoms with van der Waals surface area (Å²) in [6.45, 7) is -0.580. The molecule has 2 atom stereocenters. The van der Waals surface area contributed by atoms with Gasteiger partial charge in [-0.25, -0.2) is 9.38 Å². The van der Waals surface area contributed by atoms with E-state index < -0.39 is 18.8 Å². The standard InChI is InChI=1S/C21H20FNO2/c22-13-18-20(25-21(23-18)17-5-2-1-3-6-17)16-11-9-15(10-12-16)19(24)14-7-4-8-14/h1-3,5-6,9-12,14,18,20H,4,7-8,13H2. The van der Waals surface area contributed by atoms with Gasteiger partial charge in [0, 0.05) is 17.0 Å². The third-order valence-electron chi connectivity index (χ3n) is 5.05. The van der Waals surface area contributed by atoms with Gasteiger partial charge in [-0.05, 0) is 30.5 Å². The van der Waals surface area contributed by atoms with Crippen LogP contribution in [0, 0.1) is 5.92 Å². The molecule has 0 radical (unpaired) electrons. The number of Topliss-reactive ketones (excluding diaryl/α,β-unsaturated/α-hetero) is 1. The van der Waals surface area contributed by atoms with Crippen LogP contribution in [-0.2, 0) is 4.74 Å². The SMILES string of the molecule is O=C(c1ccc(C2OC(c3ccccc3)=NC2CF)cc1)C1CCC1. The maximum Gasteiger partial charge on any atom is 0.217 e. The molecular weight excluding hydrogens is 317 g/mol. The number of aliphatic imine (C=N–C) groups is 1. The lowest BCUT2D eigenvalue weighted by atomic mass is 9.80. The van der Waals surface area contributed by atoms with E-state index in [1.807, 2.05) is 54.6 Å². The molecule has 0 amide bonds. The molecule has 25 heavy (non-hydrogen) atoms. The van der Waals surface area contributed by atoms with Crippen LogP contribution >= 0.6 is 0 Å². The Bertz CT molecular complexity index is 781. The van der Waals surface area contributed by atoms with Gasteiger partial charge >= 0.3 is 0 Å². The average molecular weight is 337 g/mol. The first-order valence-corrected chi connectivity index (χ1v) is 8.76. The minimum Gasteiger partial charge on any atom is -0.467 e. The Balaban J connectivity index is 1.52. The number of ether oxygens (including phenoxy) is 1. The Morgan fingerprint density at radius 1 is 1.08 bits per heavy atom. The van der Waals surface area contributed by atoms with Gasteiger partial charge in [0.25, 0.3) is 0 Å². The second kappa shape index (κ2) is 6.79. The Kier molecular flexibility index (Phi) is 4.35. The molecule has 1 fully saturated rings. The topological polar surface area (TPSA) is 38.7 Å². The Morgan fingerprint density at radius 2 is 1.80 bits per heavy atom. The smallest absolute Gasteiger partial charge is 0.217 e. The number of benzene rings is 2. The maximum atomic E-state index is 13.4. The maximum absolute atomic E-state index is 13.4. The molecule has 1 aliphatic carbocycles. The zero-order chi connectivity index (χ0) is 17.2. The normalized spacial score (nSPS) is 22.8. The molecule has 0 saturated heterocycles. The fourth-order valence-electron chi connectivity index (χ4n) is 3.32. The number of hydrogen-bond acceptors (Lipinski definition) is 3. The van der Waals surface area contributed by atoms with E-state index >= 15 is 0 Å². The first-order valence-electron chi connectivity index (χ1n) is 8.76. The van der Waals surface area contributed by atoms with Crippen molar-refractivity contribution in [3.63, 3.8) is 0 Å². The quantitative estimate of drug-likeness (QED) is 0.752. The summed E-state index contributed by atoms with van der Waals surface area (Å²) in [5, 5.41) is 0. The second-order valence-corrected chi connectivity index (χ2v) is 6.67. The monoisotopic (exact) mass is 337 g/mol. The predicted octanol–water partition coefficient (Wildman–Crippen LogP) is 4.53. The van der Waals surface area contributed by atoms with E-state index in [1.54, 1.807) is 0 Å². The van der Waals surface area contributed by atoms with Gasteiger partial charge in [-0.15, -0.1) is 0 Å². The third kappa shape index (κ3) is 3.09. The number of ketones is 1. The van der Waals surface area contributed by atoms with Gasteiger partial charge in [0.05, 0.1) is 0 Å². The van der Waals surface area contributed by atoms with Crippen molar-refractivity contribution in [2.24, 2.45) is 10.9 Å². The zero-order valence-corrected chi connectivity index (χ0v) is 13.9. The van der Waals surface area contributed by atoms with Crippen molar-refractivity contribution < 1.29 is 13.9 Å². The van der Waals surface area contributed by atoms with Crippen molar-refractivity contribution in [1.29, 1.82) is 0 Å². The number of halogens is 1. The molecule has 3 nitrogen and oxygen atoms in total. The van der Waals surface area contributed by atoms with Crippen LogP contribution in [0.1, 0.15) is 46.9 Å². The molecule has 2 aromatic rings. The molecular formula is C21H20FNO2. The summed E-state index contributed by atoms with van der Waals surface area (Å²) < 4.78 is 19.4. The van der Waals surface area contributed by atoms with Crippen molar-refractivity contribution >= 4 is 11.7 Å². The molecule has 2 aromatic carbocycles. The molecule has 1 aliphatic heterocycles. The minimum atomic E-state index is -0.580. The second-order valence-electron chi connectivity index (χ2n) is 6.67. The lowest BCUT2D eigenvalue weighted by Gasteiger charge is -2.24. The molecule has 1 saturated carbocycles. The highest BCUT2D eigenvalue weighted by Gasteiger charge is 2.33. The molecule has 4 heteroatoms. The van der Waals surface area contributed by atoms with E-state index in [-0.39, 0.29) is 11.7 Å².